The van der Waals surface area contributed by atoms with E-state index in [0.29, 0.717) is 6.10 Å². The van der Waals surface area contributed by atoms with Gasteiger partial charge in [0.2, 0.25) is 0 Å². The van der Waals surface area contributed by atoms with Gasteiger partial charge >= 0.3 is 0 Å². The van der Waals surface area contributed by atoms with E-state index in [1.165, 1.54) is 45.3 Å². The smallest absolute Gasteiger partial charge is 0.191 e. The molecule has 2 rings (SSSR count). The van der Waals surface area contributed by atoms with Crippen molar-refractivity contribution in [2.24, 2.45) is 16.8 Å². The van der Waals surface area contributed by atoms with Gasteiger partial charge in [-0.25, -0.2) is 0 Å². The minimum atomic E-state index is 0. The largest absolute Gasteiger partial charge is 0.379 e. The lowest BCUT2D eigenvalue weighted by Gasteiger charge is -2.34. The zero-order valence-corrected chi connectivity index (χ0v) is 21.3. The molecule has 0 bridgehead atoms. The van der Waals surface area contributed by atoms with Gasteiger partial charge in [-0.3, -0.25) is 4.99 Å². The molecule has 0 radical (unpaired) electrons. The minimum absolute atomic E-state index is 0. The number of halogens is 1. The first-order valence-electron chi connectivity index (χ1n) is 11.6. The molecule has 2 N–H and O–H groups in total. The van der Waals surface area contributed by atoms with Crippen LogP contribution in [0.2, 0.25) is 0 Å². The predicted octanol–water partition coefficient (Wildman–Crippen LogP) is 3.50. The lowest BCUT2D eigenvalue weighted by molar-refractivity contribution is 0.0171. The third-order valence-corrected chi connectivity index (χ3v) is 5.53. The van der Waals surface area contributed by atoms with Crippen LogP contribution in [0.5, 0.6) is 0 Å². The summed E-state index contributed by atoms with van der Waals surface area (Å²) in [6.07, 6.45) is 7.42. The molecule has 172 valence electrons. The summed E-state index contributed by atoms with van der Waals surface area (Å²) in [4.78, 5) is 7.31. The molecule has 2 saturated heterocycles. The average Bonchev–Trinajstić information content (AvgIpc) is 3.16. The SMILES string of the molecule is CCNC(=NCCCOCC1CCCO1)NCCCCN1CC(C)CC(C)C1.I. The molecule has 0 aliphatic carbocycles. The van der Waals surface area contributed by atoms with Gasteiger partial charge in [0.15, 0.2) is 5.96 Å². The van der Waals surface area contributed by atoms with Crippen molar-refractivity contribution in [2.45, 2.75) is 65.4 Å². The van der Waals surface area contributed by atoms with Crippen molar-refractivity contribution in [3.63, 3.8) is 0 Å². The van der Waals surface area contributed by atoms with Crippen LogP contribution < -0.4 is 10.6 Å². The number of aliphatic imine (C=N–C) groups is 1. The molecule has 0 saturated carbocycles. The Bertz CT molecular complexity index is 423. The van der Waals surface area contributed by atoms with Gasteiger partial charge in [-0.2, -0.15) is 0 Å². The highest BCUT2D eigenvalue weighted by Crippen LogP contribution is 2.20. The number of ether oxygens (including phenoxy) is 2. The Morgan fingerprint density at radius 2 is 1.93 bits per heavy atom. The van der Waals surface area contributed by atoms with E-state index in [1.54, 1.807) is 0 Å². The number of guanidine groups is 1. The topological polar surface area (TPSA) is 58.1 Å². The second-order valence-electron chi connectivity index (χ2n) is 8.66. The molecule has 0 amide bonds. The Hall–Kier alpha value is -0.120. The van der Waals surface area contributed by atoms with E-state index in [0.717, 1.165) is 70.1 Å². The highest BCUT2D eigenvalue weighted by Gasteiger charge is 2.20. The van der Waals surface area contributed by atoms with Crippen LogP contribution in [0.3, 0.4) is 0 Å². The van der Waals surface area contributed by atoms with Crippen LogP contribution >= 0.6 is 24.0 Å². The molecular weight excluding hydrogens is 479 g/mol. The second kappa shape index (κ2) is 16.6. The Morgan fingerprint density at radius 1 is 1.14 bits per heavy atom. The summed E-state index contributed by atoms with van der Waals surface area (Å²) in [5.74, 6) is 2.63. The Balaban J connectivity index is 0.00000420. The molecule has 2 aliphatic rings. The Morgan fingerprint density at radius 3 is 2.62 bits per heavy atom. The summed E-state index contributed by atoms with van der Waals surface area (Å²) in [6, 6.07) is 0. The maximum absolute atomic E-state index is 5.71. The van der Waals surface area contributed by atoms with E-state index in [4.69, 9.17) is 9.47 Å². The van der Waals surface area contributed by atoms with E-state index in [1.807, 2.05) is 0 Å². The number of nitrogens with zero attached hydrogens (tertiary/aromatic N) is 2. The summed E-state index contributed by atoms with van der Waals surface area (Å²) in [5.41, 5.74) is 0. The van der Waals surface area contributed by atoms with Crippen molar-refractivity contribution in [1.29, 1.82) is 0 Å². The first-order chi connectivity index (χ1) is 13.7. The third-order valence-electron chi connectivity index (χ3n) is 5.53. The van der Waals surface area contributed by atoms with Gasteiger partial charge in [-0.1, -0.05) is 13.8 Å². The summed E-state index contributed by atoms with van der Waals surface area (Å²) >= 11 is 0. The maximum atomic E-state index is 5.71. The number of rotatable bonds is 12. The molecule has 3 atom stereocenters. The van der Waals surface area contributed by atoms with Crippen molar-refractivity contribution in [2.75, 3.05) is 59.1 Å². The first kappa shape index (κ1) is 26.9. The second-order valence-corrected chi connectivity index (χ2v) is 8.66. The van der Waals surface area contributed by atoms with Crippen molar-refractivity contribution in [3.8, 4) is 0 Å². The zero-order chi connectivity index (χ0) is 20.0. The molecule has 6 nitrogen and oxygen atoms in total. The normalized spacial score (nSPS) is 25.6. The first-order valence-corrected chi connectivity index (χ1v) is 11.6. The number of unbranched alkanes of at least 4 members (excludes halogenated alkanes) is 1. The fraction of sp³-hybridized carbons (Fsp3) is 0.955. The average molecular weight is 525 g/mol. The number of hydrogen-bond acceptors (Lipinski definition) is 4. The molecule has 29 heavy (non-hydrogen) atoms. The summed E-state index contributed by atoms with van der Waals surface area (Å²) < 4.78 is 11.3. The predicted molar refractivity (Wildman–Crippen MR) is 132 cm³/mol. The highest BCUT2D eigenvalue weighted by atomic mass is 127. The van der Waals surface area contributed by atoms with Crippen molar-refractivity contribution < 1.29 is 9.47 Å². The van der Waals surface area contributed by atoms with Crippen LogP contribution in [-0.4, -0.2) is 76.1 Å². The third kappa shape index (κ3) is 12.4. The lowest BCUT2D eigenvalue weighted by Crippen LogP contribution is -2.40. The number of piperidine rings is 1. The van der Waals surface area contributed by atoms with Crippen molar-refractivity contribution in [3.05, 3.63) is 0 Å². The van der Waals surface area contributed by atoms with Crippen LogP contribution in [0.25, 0.3) is 0 Å². The van der Waals surface area contributed by atoms with Gasteiger partial charge in [-0.15, -0.1) is 24.0 Å². The van der Waals surface area contributed by atoms with E-state index >= 15 is 0 Å². The molecule has 0 aromatic carbocycles. The van der Waals surface area contributed by atoms with Crippen LogP contribution in [0.15, 0.2) is 4.99 Å². The standard InChI is InChI=1S/C22H44N4O2.HI/c1-4-23-22(25-11-8-13-27-18-21-9-7-14-28-21)24-10-5-6-12-26-16-19(2)15-20(3)17-26;/h19-21H,4-18H2,1-3H3,(H2,23,24,25);1H. The summed E-state index contributed by atoms with van der Waals surface area (Å²) in [5, 5.41) is 6.81. The minimum Gasteiger partial charge on any atom is -0.379 e. The number of likely N-dealkylation sites (tertiary alicyclic amines) is 1. The fourth-order valence-corrected chi connectivity index (χ4v) is 4.33. The van der Waals surface area contributed by atoms with Crippen LogP contribution in [-0.2, 0) is 9.47 Å². The van der Waals surface area contributed by atoms with Crippen molar-refractivity contribution in [1.82, 2.24) is 15.5 Å². The molecular formula is C22H45IN4O2. The van der Waals surface area contributed by atoms with Crippen LogP contribution in [0.1, 0.15) is 59.3 Å². The molecule has 2 aliphatic heterocycles. The number of nitrogens with one attached hydrogen (secondary N) is 2. The molecule has 2 fully saturated rings. The molecule has 7 heteroatoms. The number of hydrogen-bond donors (Lipinski definition) is 2. The van der Waals surface area contributed by atoms with E-state index < -0.39 is 0 Å². The van der Waals surface area contributed by atoms with Crippen molar-refractivity contribution >= 4 is 29.9 Å². The van der Waals surface area contributed by atoms with Gasteiger partial charge < -0.3 is 25.0 Å². The summed E-state index contributed by atoms with van der Waals surface area (Å²) in [7, 11) is 0. The summed E-state index contributed by atoms with van der Waals surface area (Å²) in [6.45, 7) is 15.7. The highest BCUT2D eigenvalue weighted by molar-refractivity contribution is 14.0. The van der Waals surface area contributed by atoms with Gasteiger partial charge in [0.05, 0.1) is 12.7 Å². The quantitative estimate of drug-likeness (QED) is 0.177. The molecule has 0 aromatic heterocycles. The van der Waals surface area contributed by atoms with Gasteiger partial charge in [0.1, 0.15) is 0 Å². The Kier molecular flexibility index (Phi) is 15.4. The molecule has 0 aromatic rings. The van der Waals surface area contributed by atoms with Gasteiger partial charge in [0.25, 0.3) is 0 Å². The van der Waals surface area contributed by atoms with Crippen LogP contribution in [0.4, 0.5) is 0 Å². The maximum Gasteiger partial charge on any atom is 0.191 e. The lowest BCUT2D eigenvalue weighted by atomic mass is 9.92. The van der Waals surface area contributed by atoms with E-state index in [9.17, 15) is 0 Å². The monoisotopic (exact) mass is 524 g/mol. The van der Waals surface area contributed by atoms with E-state index in [-0.39, 0.29) is 24.0 Å². The molecule has 3 unspecified atom stereocenters. The Labute approximate surface area is 196 Å². The molecule has 0 spiro atoms. The van der Waals surface area contributed by atoms with Gasteiger partial charge in [-0.05, 0) is 63.8 Å². The van der Waals surface area contributed by atoms with E-state index in [2.05, 4.69) is 41.3 Å². The fourth-order valence-electron chi connectivity index (χ4n) is 4.33. The molecule has 2 heterocycles. The van der Waals surface area contributed by atoms with Gasteiger partial charge in [0, 0.05) is 45.9 Å². The van der Waals surface area contributed by atoms with Crippen LogP contribution in [0, 0.1) is 11.8 Å². The zero-order valence-electron chi connectivity index (χ0n) is 19.0.